The van der Waals surface area contributed by atoms with Gasteiger partial charge in [0, 0.05) is 19.4 Å². The van der Waals surface area contributed by atoms with Crippen molar-refractivity contribution in [3.63, 3.8) is 0 Å². The van der Waals surface area contributed by atoms with Gasteiger partial charge in [0.1, 0.15) is 6.21 Å². The highest BCUT2D eigenvalue weighted by atomic mass is 16.5. The van der Waals surface area contributed by atoms with Crippen molar-refractivity contribution in [3.05, 3.63) is 53.2 Å². The fourth-order valence-corrected chi connectivity index (χ4v) is 1.98. The van der Waals surface area contributed by atoms with Crippen molar-refractivity contribution >= 4 is 17.0 Å². The van der Waals surface area contributed by atoms with Crippen molar-refractivity contribution in [2.24, 2.45) is 0 Å². The minimum absolute atomic E-state index is 0.143. The Balaban J connectivity index is 2.60. The molecule has 2 rings (SSSR count). The number of fused-ring (bicyclic) bond motifs is 1. The van der Waals surface area contributed by atoms with Gasteiger partial charge in [-0.3, -0.25) is 0 Å². The Morgan fingerprint density at radius 2 is 1.81 bits per heavy atom. The lowest BCUT2D eigenvalue weighted by atomic mass is 10.00. The molecular formula is C14H15NO. The van der Waals surface area contributed by atoms with Crippen LogP contribution in [0.25, 0.3) is 10.8 Å². The van der Waals surface area contributed by atoms with Crippen LogP contribution in [0.15, 0.2) is 42.5 Å². The minimum atomic E-state index is -0.143. The first-order chi connectivity index (χ1) is 7.74. The van der Waals surface area contributed by atoms with E-state index in [1.165, 1.54) is 5.39 Å². The maximum absolute atomic E-state index is 11.6. The van der Waals surface area contributed by atoms with Crippen molar-refractivity contribution in [2.75, 3.05) is 0 Å². The highest BCUT2D eigenvalue weighted by molar-refractivity contribution is 5.85. The van der Waals surface area contributed by atoms with Crippen molar-refractivity contribution in [2.45, 2.75) is 19.9 Å². The van der Waals surface area contributed by atoms with E-state index in [1.54, 1.807) is 13.1 Å². The molecule has 0 aliphatic rings. The summed E-state index contributed by atoms with van der Waals surface area (Å²) < 4.78 is 0.988. The summed E-state index contributed by atoms with van der Waals surface area (Å²) in [6.45, 7) is 3.68. The van der Waals surface area contributed by atoms with E-state index in [1.807, 2.05) is 31.2 Å². The van der Waals surface area contributed by atoms with Gasteiger partial charge in [0.25, 0.3) is 0 Å². The van der Waals surface area contributed by atoms with Crippen LogP contribution in [0.4, 0.5) is 0 Å². The Morgan fingerprint density at radius 3 is 2.56 bits per heavy atom. The molecule has 0 N–H and O–H groups in total. The molecule has 0 aromatic heterocycles. The molecule has 1 unspecified atom stereocenters. The molecule has 2 heteroatoms. The molecule has 2 aromatic carbocycles. The number of hydroxylamine groups is 1. The highest BCUT2D eigenvalue weighted by Crippen LogP contribution is 2.25. The second-order valence-electron chi connectivity index (χ2n) is 3.86. The zero-order valence-electron chi connectivity index (χ0n) is 9.55. The monoisotopic (exact) mass is 213 g/mol. The fourth-order valence-electron chi connectivity index (χ4n) is 1.98. The Kier molecular flexibility index (Phi) is 2.91. The number of hydrogen-bond donors (Lipinski definition) is 0. The Morgan fingerprint density at radius 1 is 1.12 bits per heavy atom. The molecule has 0 amide bonds. The summed E-state index contributed by atoms with van der Waals surface area (Å²) in [4.78, 5) is 0. The van der Waals surface area contributed by atoms with Crippen LogP contribution < -0.4 is 0 Å². The molecule has 2 nitrogen and oxygen atoms in total. The van der Waals surface area contributed by atoms with Gasteiger partial charge in [-0.25, -0.2) is 4.74 Å². The Hall–Kier alpha value is -1.83. The quantitative estimate of drug-likeness (QED) is 0.324. The van der Waals surface area contributed by atoms with Crippen molar-refractivity contribution in [3.8, 4) is 0 Å². The van der Waals surface area contributed by atoms with Crippen LogP contribution in [0.3, 0.4) is 0 Å². The van der Waals surface area contributed by atoms with Gasteiger partial charge in [0.05, 0.1) is 0 Å². The van der Waals surface area contributed by atoms with E-state index in [4.69, 9.17) is 0 Å². The Labute approximate surface area is 95.4 Å². The van der Waals surface area contributed by atoms with Gasteiger partial charge in [-0.15, -0.1) is 0 Å². The van der Waals surface area contributed by atoms with E-state index in [2.05, 4.69) is 18.2 Å². The molecular weight excluding hydrogens is 198 g/mol. The number of hydrogen-bond acceptors (Lipinski definition) is 1. The third-order valence-corrected chi connectivity index (χ3v) is 2.91. The van der Waals surface area contributed by atoms with Gasteiger partial charge in [-0.1, -0.05) is 42.5 Å². The van der Waals surface area contributed by atoms with E-state index in [-0.39, 0.29) is 6.04 Å². The molecule has 2 aromatic rings. The largest absolute Gasteiger partial charge is 0.624 e. The summed E-state index contributed by atoms with van der Waals surface area (Å²) in [5.74, 6) is 0. The van der Waals surface area contributed by atoms with Gasteiger partial charge >= 0.3 is 0 Å². The normalized spacial score (nSPS) is 14.0. The average molecular weight is 213 g/mol. The average Bonchev–Trinajstić information content (AvgIpc) is 2.36. The van der Waals surface area contributed by atoms with Gasteiger partial charge in [-0.05, 0) is 10.8 Å². The van der Waals surface area contributed by atoms with Crippen molar-refractivity contribution in [1.82, 2.24) is 0 Å². The molecule has 82 valence electrons. The summed E-state index contributed by atoms with van der Waals surface area (Å²) in [6.07, 6.45) is 1.56. The van der Waals surface area contributed by atoms with Crippen LogP contribution in [-0.4, -0.2) is 11.0 Å². The molecule has 0 bridgehead atoms. The van der Waals surface area contributed by atoms with E-state index in [0.717, 1.165) is 15.7 Å². The molecule has 0 saturated heterocycles. The molecule has 0 radical (unpaired) electrons. The Bertz CT molecular complexity index is 526. The summed E-state index contributed by atoms with van der Waals surface area (Å²) in [5.41, 5.74) is 1.08. The predicted octanol–water partition coefficient (Wildman–Crippen LogP) is 3.50. The lowest BCUT2D eigenvalue weighted by molar-refractivity contribution is -0.498. The van der Waals surface area contributed by atoms with Crippen LogP contribution in [0, 0.1) is 5.21 Å². The lowest BCUT2D eigenvalue weighted by Crippen LogP contribution is -2.10. The molecule has 0 heterocycles. The first-order valence-corrected chi connectivity index (χ1v) is 5.46. The van der Waals surface area contributed by atoms with E-state index in [0.29, 0.717) is 0 Å². The van der Waals surface area contributed by atoms with Crippen LogP contribution in [0.5, 0.6) is 0 Å². The number of benzene rings is 2. The fraction of sp³-hybridized carbons (Fsp3) is 0.214. The maximum Gasteiger partial charge on any atom is 0.186 e. The third kappa shape index (κ3) is 1.78. The van der Waals surface area contributed by atoms with Crippen LogP contribution in [-0.2, 0) is 0 Å². The molecule has 0 saturated carbocycles. The summed E-state index contributed by atoms with van der Waals surface area (Å²) in [5, 5.41) is 13.9. The molecule has 16 heavy (non-hydrogen) atoms. The van der Waals surface area contributed by atoms with Gasteiger partial charge in [-0.2, -0.15) is 0 Å². The summed E-state index contributed by atoms with van der Waals surface area (Å²) >= 11 is 0. The smallest absolute Gasteiger partial charge is 0.186 e. The SMILES string of the molecule is C/C=[N+](\[O-])C(C)c1cccc2ccccc12. The zero-order valence-corrected chi connectivity index (χ0v) is 9.55. The molecule has 0 aliphatic heterocycles. The lowest BCUT2D eigenvalue weighted by Gasteiger charge is -2.14. The van der Waals surface area contributed by atoms with E-state index >= 15 is 0 Å². The summed E-state index contributed by atoms with van der Waals surface area (Å²) in [7, 11) is 0. The van der Waals surface area contributed by atoms with Crippen LogP contribution in [0.1, 0.15) is 25.5 Å². The van der Waals surface area contributed by atoms with Gasteiger partial charge in [0.15, 0.2) is 6.04 Å². The maximum atomic E-state index is 11.6. The van der Waals surface area contributed by atoms with E-state index < -0.39 is 0 Å². The minimum Gasteiger partial charge on any atom is -0.624 e. The number of nitrogens with zero attached hydrogens (tertiary/aromatic N) is 1. The predicted molar refractivity (Wildman–Crippen MR) is 67.7 cm³/mol. The molecule has 0 spiro atoms. The first-order valence-electron chi connectivity index (χ1n) is 5.46. The van der Waals surface area contributed by atoms with E-state index in [9.17, 15) is 5.21 Å². The van der Waals surface area contributed by atoms with Crippen LogP contribution in [0.2, 0.25) is 0 Å². The van der Waals surface area contributed by atoms with Gasteiger partial charge < -0.3 is 5.21 Å². The third-order valence-electron chi connectivity index (χ3n) is 2.91. The molecule has 0 aliphatic carbocycles. The second kappa shape index (κ2) is 4.35. The first kappa shape index (κ1) is 10.7. The number of rotatable bonds is 2. The van der Waals surface area contributed by atoms with Gasteiger partial charge in [0.2, 0.25) is 0 Å². The molecule has 1 atom stereocenters. The zero-order chi connectivity index (χ0) is 11.5. The highest BCUT2D eigenvalue weighted by Gasteiger charge is 2.14. The summed E-state index contributed by atoms with van der Waals surface area (Å²) in [6, 6.07) is 14.1. The van der Waals surface area contributed by atoms with Crippen LogP contribution >= 0.6 is 0 Å². The topological polar surface area (TPSA) is 26.1 Å². The molecule has 0 fully saturated rings. The van der Waals surface area contributed by atoms with Crippen molar-refractivity contribution in [1.29, 1.82) is 0 Å². The van der Waals surface area contributed by atoms with Crippen molar-refractivity contribution < 1.29 is 4.74 Å². The second-order valence-corrected chi connectivity index (χ2v) is 3.86. The standard InChI is InChI=1S/C14H15NO/c1-3-15(16)11(2)13-10-6-8-12-7-4-5-9-14(12)13/h3-11H,1-2H3/b15-3-.